The van der Waals surface area contributed by atoms with Crippen LogP contribution in [0.2, 0.25) is 12.1 Å². The Balaban J connectivity index is 2.06. The van der Waals surface area contributed by atoms with Gasteiger partial charge in [-0.1, -0.05) is 48.4 Å². The molecule has 0 aromatic heterocycles. The summed E-state index contributed by atoms with van der Waals surface area (Å²) in [7, 11) is -0.0713. The lowest BCUT2D eigenvalue weighted by atomic mass is 10.0. The molecule has 1 atom stereocenters. The minimum Gasteiger partial charge on any atom is -0.0682 e. The molecule has 1 radical (unpaired) electrons. The monoisotopic (exact) mass is 213 g/mol. The van der Waals surface area contributed by atoms with E-state index in [-0.39, 0.29) is 8.80 Å². The van der Waals surface area contributed by atoms with Crippen molar-refractivity contribution in [1.82, 2.24) is 0 Å². The summed E-state index contributed by atoms with van der Waals surface area (Å²) < 4.78 is 0. The van der Waals surface area contributed by atoms with Crippen LogP contribution in [-0.4, -0.2) is 8.80 Å². The van der Waals surface area contributed by atoms with Crippen molar-refractivity contribution in [3.8, 4) is 0 Å². The number of hydrogen-bond acceptors (Lipinski definition) is 0. The van der Waals surface area contributed by atoms with Crippen LogP contribution in [0.25, 0.3) is 6.08 Å². The Morgan fingerprint density at radius 2 is 2.00 bits per heavy atom. The predicted octanol–water partition coefficient (Wildman–Crippen LogP) is 3.93. The summed E-state index contributed by atoms with van der Waals surface area (Å²) in [5, 5.41) is 0. The van der Waals surface area contributed by atoms with Crippen LogP contribution in [0, 0.1) is 6.92 Å². The van der Waals surface area contributed by atoms with Crippen LogP contribution in [0.1, 0.15) is 35.6 Å². The summed E-state index contributed by atoms with van der Waals surface area (Å²) in [5.41, 5.74) is 7.10. The highest BCUT2D eigenvalue weighted by Gasteiger charge is 2.35. The zero-order valence-electron chi connectivity index (χ0n) is 9.51. The summed E-state index contributed by atoms with van der Waals surface area (Å²) in [6.45, 7) is 4.57. The van der Waals surface area contributed by atoms with Crippen molar-refractivity contribution < 1.29 is 0 Å². The molecule has 0 spiro atoms. The van der Waals surface area contributed by atoms with E-state index in [1.807, 2.05) is 0 Å². The average molecular weight is 213 g/mol. The Bertz CT molecular complexity index is 427. The lowest BCUT2D eigenvalue weighted by Crippen LogP contribution is -2.30. The van der Waals surface area contributed by atoms with E-state index in [0.29, 0.717) is 0 Å². The van der Waals surface area contributed by atoms with Gasteiger partial charge >= 0.3 is 0 Å². The highest BCUT2D eigenvalue weighted by Crippen LogP contribution is 2.44. The van der Waals surface area contributed by atoms with Gasteiger partial charge < -0.3 is 0 Å². The number of aryl methyl sites for hydroxylation is 1. The normalized spacial score (nSPS) is 24.7. The van der Waals surface area contributed by atoms with Gasteiger partial charge in [0.25, 0.3) is 0 Å². The molecule has 1 saturated heterocycles. The van der Waals surface area contributed by atoms with Crippen molar-refractivity contribution in [2.24, 2.45) is 0 Å². The molecule has 0 nitrogen and oxygen atoms in total. The van der Waals surface area contributed by atoms with Crippen LogP contribution < -0.4 is 0 Å². The van der Waals surface area contributed by atoms with E-state index in [9.17, 15) is 0 Å². The fraction of sp³-hybridized carbons (Fsp3) is 0.429. The number of fused-ring (bicyclic) bond motifs is 1. The Morgan fingerprint density at radius 1 is 1.20 bits per heavy atom. The van der Waals surface area contributed by atoms with Crippen molar-refractivity contribution in [2.75, 3.05) is 0 Å². The minimum atomic E-state index is -0.0713. The molecular formula is C14H17Si. The van der Waals surface area contributed by atoms with Crippen LogP contribution in [0.15, 0.2) is 23.8 Å². The van der Waals surface area contributed by atoms with Crippen molar-refractivity contribution in [3.05, 3.63) is 40.5 Å². The van der Waals surface area contributed by atoms with Crippen molar-refractivity contribution in [1.29, 1.82) is 0 Å². The molecule has 1 aromatic rings. The maximum absolute atomic E-state index is 2.44. The van der Waals surface area contributed by atoms with E-state index >= 15 is 0 Å². The Kier molecular flexibility index (Phi) is 2.10. The summed E-state index contributed by atoms with van der Waals surface area (Å²) >= 11 is 0. The van der Waals surface area contributed by atoms with E-state index in [0.717, 1.165) is 5.54 Å². The molecule has 0 N–H and O–H groups in total. The van der Waals surface area contributed by atoms with E-state index in [1.165, 1.54) is 29.6 Å². The number of benzene rings is 1. The molecule has 1 aromatic carbocycles. The van der Waals surface area contributed by atoms with Gasteiger partial charge in [0.2, 0.25) is 0 Å². The zero-order chi connectivity index (χ0) is 10.4. The molecule has 1 heteroatoms. The van der Waals surface area contributed by atoms with Gasteiger partial charge in [-0.05, 0) is 36.1 Å². The van der Waals surface area contributed by atoms with Crippen molar-refractivity contribution >= 4 is 14.9 Å². The zero-order valence-corrected chi connectivity index (χ0v) is 10.5. The van der Waals surface area contributed by atoms with E-state index in [1.54, 1.807) is 11.1 Å². The first-order valence-electron chi connectivity index (χ1n) is 5.89. The lowest BCUT2D eigenvalue weighted by Gasteiger charge is -2.31. The molecule has 1 heterocycles. The Hall–Kier alpha value is -0.823. The smallest absolute Gasteiger partial charge is 0.0616 e. The maximum Gasteiger partial charge on any atom is 0.0616 e. The third kappa shape index (κ3) is 1.33. The minimum absolute atomic E-state index is 0.0713. The quantitative estimate of drug-likeness (QED) is 0.620. The van der Waals surface area contributed by atoms with Gasteiger partial charge in [0.15, 0.2) is 0 Å². The topological polar surface area (TPSA) is 0 Å². The van der Waals surface area contributed by atoms with Crippen molar-refractivity contribution in [3.63, 3.8) is 0 Å². The summed E-state index contributed by atoms with van der Waals surface area (Å²) in [5.74, 6) is 0. The largest absolute Gasteiger partial charge is 0.0682 e. The Labute approximate surface area is 93.6 Å². The molecule has 0 amide bonds. The average Bonchev–Trinajstić information content (AvgIpc) is 2.44. The molecule has 77 valence electrons. The van der Waals surface area contributed by atoms with Gasteiger partial charge in [-0.3, -0.25) is 0 Å². The van der Waals surface area contributed by atoms with Gasteiger partial charge in [0, 0.05) is 0 Å². The van der Waals surface area contributed by atoms with E-state index < -0.39 is 0 Å². The third-order valence-electron chi connectivity index (χ3n) is 3.90. The molecule has 1 aliphatic carbocycles. The van der Waals surface area contributed by atoms with Gasteiger partial charge in [0.05, 0.1) is 8.80 Å². The number of rotatable bonds is 1. The molecule has 0 saturated carbocycles. The SMILES string of the molecule is CC1=Cc2c(C)cccc2C1[Si]1CCC1. The molecule has 1 fully saturated rings. The van der Waals surface area contributed by atoms with Crippen LogP contribution >= 0.6 is 0 Å². The highest BCUT2D eigenvalue weighted by atomic mass is 28.3. The fourth-order valence-electron chi connectivity index (χ4n) is 2.92. The van der Waals surface area contributed by atoms with E-state index in [4.69, 9.17) is 0 Å². The standard InChI is InChI=1S/C14H17Si/c1-10-5-3-6-12-13(10)9-11(2)14(12)15-7-4-8-15/h3,5-6,9,14H,4,7-8H2,1-2H3. The molecule has 15 heavy (non-hydrogen) atoms. The first kappa shape index (κ1) is 9.41. The van der Waals surface area contributed by atoms with Crippen LogP contribution in [-0.2, 0) is 0 Å². The summed E-state index contributed by atoms with van der Waals surface area (Å²) in [6, 6.07) is 9.90. The fourth-order valence-corrected chi connectivity index (χ4v) is 5.68. The number of allylic oxidation sites excluding steroid dienone is 1. The molecule has 1 aliphatic heterocycles. The molecule has 2 aliphatic rings. The summed E-state index contributed by atoms with van der Waals surface area (Å²) in [6.07, 6.45) is 3.92. The molecule has 1 unspecified atom stereocenters. The van der Waals surface area contributed by atoms with Crippen LogP contribution in [0.4, 0.5) is 0 Å². The first-order chi connectivity index (χ1) is 7.27. The van der Waals surface area contributed by atoms with Gasteiger partial charge in [-0.2, -0.15) is 0 Å². The molecular weight excluding hydrogens is 196 g/mol. The summed E-state index contributed by atoms with van der Waals surface area (Å²) in [4.78, 5) is 0. The predicted molar refractivity (Wildman–Crippen MR) is 67.6 cm³/mol. The molecule has 0 bridgehead atoms. The molecule has 3 rings (SSSR count). The second-order valence-electron chi connectivity index (χ2n) is 4.91. The first-order valence-corrected chi connectivity index (χ1v) is 7.89. The van der Waals surface area contributed by atoms with Gasteiger partial charge in [-0.25, -0.2) is 0 Å². The lowest BCUT2D eigenvalue weighted by molar-refractivity contribution is 0.881. The van der Waals surface area contributed by atoms with Crippen LogP contribution in [0.5, 0.6) is 0 Å². The van der Waals surface area contributed by atoms with E-state index in [2.05, 4.69) is 38.1 Å². The second-order valence-corrected chi connectivity index (χ2v) is 7.80. The number of hydrogen-bond donors (Lipinski definition) is 0. The highest BCUT2D eigenvalue weighted by molar-refractivity contribution is 6.64. The second kappa shape index (κ2) is 3.34. The Morgan fingerprint density at radius 3 is 2.67 bits per heavy atom. The van der Waals surface area contributed by atoms with Crippen LogP contribution in [0.3, 0.4) is 0 Å². The van der Waals surface area contributed by atoms with Gasteiger partial charge in [0.1, 0.15) is 0 Å². The maximum atomic E-state index is 2.44. The third-order valence-corrected chi connectivity index (χ3v) is 7.47. The van der Waals surface area contributed by atoms with Crippen molar-refractivity contribution in [2.45, 2.75) is 37.9 Å². The van der Waals surface area contributed by atoms with Gasteiger partial charge in [-0.15, -0.1) is 0 Å².